The van der Waals surface area contributed by atoms with Gasteiger partial charge in [-0.2, -0.15) is 9.97 Å². The highest BCUT2D eigenvalue weighted by atomic mass is 32.1. The number of anilines is 3. The Morgan fingerprint density at radius 3 is 2.34 bits per heavy atom. The maximum atomic E-state index is 5.62. The molecule has 2 atom stereocenters. The number of piperidine rings is 2. The van der Waals surface area contributed by atoms with Crippen molar-refractivity contribution in [1.29, 1.82) is 0 Å². The van der Waals surface area contributed by atoms with Crippen molar-refractivity contribution in [1.82, 2.24) is 15.3 Å². The first-order valence-electron chi connectivity index (χ1n) is 12.0. The van der Waals surface area contributed by atoms with Crippen molar-refractivity contribution in [3.63, 3.8) is 0 Å². The summed E-state index contributed by atoms with van der Waals surface area (Å²) in [5.41, 5.74) is 1.19. The summed E-state index contributed by atoms with van der Waals surface area (Å²) in [7, 11) is 0. The molecule has 32 heavy (non-hydrogen) atoms. The van der Waals surface area contributed by atoms with Gasteiger partial charge in [0.25, 0.3) is 0 Å². The molecule has 0 unspecified atom stereocenters. The van der Waals surface area contributed by atoms with Gasteiger partial charge in [0.15, 0.2) is 5.11 Å². The third-order valence-corrected chi connectivity index (χ3v) is 6.88. The van der Waals surface area contributed by atoms with Crippen LogP contribution in [0.4, 0.5) is 17.6 Å². The van der Waals surface area contributed by atoms with Gasteiger partial charge in [-0.3, -0.25) is 0 Å². The Morgan fingerprint density at radius 2 is 1.66 bits per heavy atom. The van der Waals surface area contributed by atoms with E-state index < -0.39 is 0 Å². The first-order valence-corrected chi connectivity index (χ1v) is 12.4. The normalized spacial score (nSPS) is 20.7. The zero-order chi connectivity index (χ0) is 22.5. The number of aromatic nitrogens is 2. The Kier molecular flexibility index (Phi) is 7.45. The lowest BCUT2D eigenvalue weighted by Crippen LogP contribution is -2.37. The summed E-state index contributed by atoms with van der Waals surface area (Å²) in [6, 6.07) is 12.6. The number of thiocarbonyl (C=S) groups is 1. The quantitative estimate of drug-likeness (QED) is 0.619. The molecule has 2 aliphatic heterocycles. The Hall–Kier alpha value is -2.41. The van der Waals surface area contributed by atoms with Crippen LogP contribution in [0, 0.1) is 11.8 Å². The highest BCUT2D eigenvalue weighted by molar-refractivity contribution is 7.80. The Labute approximate surface area is 197 Å². The monoisotopic (exact) mass is 452 g/mol. The standard InChI is InChI=1S/C25H36N6S/c1-18-11-14-30(15-12-18)22-16-23(31-13-7-8-19(2)17-31)28-24(27-22)29-25(32)26-20(3)21-9-5-4-6-10-21/h4-6,9-10,16,18-20H,7-8,11-15,17H2,1-3H3,(H2,26,27,28,29,32)/t19-,20-/m1/s1. The van der Waals surface area contributed by atoms with Gasteiger partial charge in [0.1, 0.15) is 11.6 Å². The molecule has 2 aliphatic rings. The second-order valence-electron chi connectivity index (χ2n) is 9.50. The predicted molar refractivity (Wildman–Crippen MR) is 137 cm³/mol. The fourth-order valence-corrected chi connectivity index (χ4v) is 4.86. The number of hydrogen-bond acceptors (Lipinski definition) is 5. The summed E-state index contributed by atoms with van der Waals surface area (Å²) in [6.07, 6.45) is 4.91. The molecule has 6 nitrogen and oxygen atoms in total. The minimum atomic E-state index is 0.102. The van der Waals surface area contributed by atoms with E-state index in [1.807, 2.05) is 18.2 Å². The van der Waals surface area contributed by atoms with Gasteiger partial charge < -0.3 is 20.4 Å². The van der Waals surface area contributed by atoms with E-state index in [-0.39, 0.29) is 6.04 Å². The van der Waals surface area contributed by atoms with Crippen LogP contribution in [0.3, 0.4) is 0 Å². The molecule has 2 N–H and O–H groups in total. The maximum Gasteiger partial charge on any atom is 0.232 e. The van der Waals surface area contributed by atoms with Crippen molar-refractivity contribution in [3.8, 4) is 0 Å². The molecule has 0 spiro atoms. The molecule has 2 aromatic rings. The van der Waals surface area contributed by atoms with Crippen molar-refractivity contribution in [3.05, 3.63) is 42.0 Å². The van der Waals surface area contributed by atoms with Crippen LogP contribution in [-0.2, 0) is 0 Å². The molecule has 1 aromatic carbocycles. The molecule has 3 heterocycles. The number of hydrogen-bond donors (Lipinski definition) is 2. The smallest absolute Gasteiger partial charge is 0.232 e. The van der Waals surface area contributed by atoms with Crippen LogP contribution < -0.4 is 20.4 Å². The first-order chi connectivity index (χ1) is 15.5. The summed E-state index contributed by atoms with van der Waals surface area (Å²) >= 11 is 5.62. The van der Waals surface area contributed by atoms with Crippen molar-refractivity contribution < 1.29 is 0 Å². The van der Waals surface area contributed by atoms with Gasteiger partial charge in [-0.1, -0.05) is 44.2 Å². The van der Waals surface area contributed by atoms with Crippen molar-refractivity contribution in [2.24, 2.45) is 11.8 Å². The molecule has 0 aliphatic carbocycles. The molecular formula is C25H36N6S. The van der Waals surface area contributed by atoms with Gasteiger partial charge in [0.05, 0.1) is 6.04 Å². The van der Waals surface area contributed by atoms with E-state index >= 15 is 0 Å². The van der Waals surface area contributed by atoms with Gasteiger partial charge in [-0.15, -0.1) is 0 Å². The van der Waals surface area contributed by atoms with Gasteiger partial charge in [-0.25, -0.2) is 0 Å². The minimum absolute atomic E-state index is 0.102. The second-order valence-corrected chi connectivity index (χ2v) is 9.91. The van der Waals surface area contributed by atoms with Crippen molar-refractivity contribution in [2.45, 2.75) is 52.5 Å². The first kappa shape index (κ1) is 22.8. The van der Waals surface area contributed by atoms with Crippen LogP contribution >= 0.6 is 12.2 Å². The van der Waals surface area contributed by atoms with Crippen LogP contribution in [0.15, 0.2) is 36.4 Å². The molecule has 2 saturated heterocycles. The number of rotatable bonds is 5. The largest absolute Gasteiger partial charge is 0.356 e. The summed E-state index contributed by atoms with van der Waals surface area (Å²) < 4.78 is 0. The maximum absolute atomic E-state index is 5.62. The molecule has 172 valence electrons. The lowest BCUT2D eigenvalue weighted by molar-refractivity contribution is 0.435. The average Bonchev–Trinajstić information content (AvgIpc) is 2.80. The summed E-state index contributed by atoms with van der Waals surface area (Å²) in [6.45, 7) is 10.9. The average molecular weight is 453 g/mol. The molecule has 0 bridgehead atoms. The third kappa shape index (κ3) is 5.88. The van der Waals surface area contributed by atoms with E-state index in [1.54, 1.807) is 0 Å². The van der Waals surface area contributed by atoms with E-state index in [1.165, 1.54) is 31.2 Å². The highest BCUT2D eigenvalue weighted by Crippen LogP contribution is 2.28. The summed E-state index contributed by atoms with van der Waals surface area (Å²) in [5.74, 6) is 4.04. The number of nitrogens with one attached hydrogen (secondary N) is 2. The summed E-state index contributed by atoms with van der Waals surface area (Å²) in [4.78, 5) is 14.5. The van der Waals surface area contributed by atoms with E-state index in [2.05, 4.69) is 59.4 Å². The molecule has 1 aromatic heterocycles. The second kappa shape index (κ2) is 10.5. The molecule has 7 heteroatoms. The lowest BCUT2D eigenvalue weighted by Gasteiger charge is -2.34. The van der Waals surface area contributed by atoms with Gasteiger partial charge in [-0.05, 0) is 62.2 Å². The lowest BCUT2D eigenvalue weighted by atomic mass is 9.99. The Morgan fingerprint density at radius 1 is 0.969 bits per heavy atom. The van der Waals surface area contributed by atoms with Crippen molar-refractivity contribution in [2.75, 3.05) is 41.3 Å². The van der Waals surface area contributed by atoms with Crippen LogP contribution in [-0.4, -0.2) is 41.3 Å². The Balaban J connectivity index is 1.52. The Bertz CT molecular complexity index is 897. The van der Waals surface area contributed by atoms with Crippen LogP contribution in [0.1, 0.15) is 58.1 Å². The third-order valence-electron chi connectivity index (χ3n) is 6.66. The van der Waals surface area contributed by atoms with Gasteiger partial charge in [0.2, 0.25) is 5.95 Å². The highest BCUT2D eigenvalue weighted by Gasteiger charge is 2.23. The number of benzene rings is 1. The van der Waals surface area contributed by atoms with Crippen LogP contribution in [0.25, 0.3) is 0 Å². The van der Waals surface area contributed by atoms with E-state index in [0.29, 0.717) is 17.0 Å². The van der Waals surface area contributed by atoms with E-state index in [9.17, 15) is 0 Å². The molecule has 0 radical (unpaired) electrons. The van der Waals surface area contributed by atoms with Crippen LogP contribution in [0.2, 0.25) is 0 Å². The fraction of sp³-hybridized carbons (Fsp3) is 0.560. The van der Waals surface area contributed by atoms with Gasteiger partial charge in [0, 0.05) is 32.2 Å². The molecule has 2 fully saturated rings. The predicted octanol–water partition coefficient (Wildman–Crippen LogP) is 5.00. The molecule has 0 amide bonds. The van der Waals surface area contributed by atoms with Gasteiger partial charge >= 0.3 is 0 Å². The van der Waals surface area contributed by atoms with E-state index in [0.717, 1.165) is 43.7 Å². The zero-order valence-electron chi connectivity index (χ0n) is 19.6. The topological polar surface area (TPSA) is 56.3 Å². The minimum Gasteiger partial charge on any atom is -0.356 e. The molecule has 4 rings (SSSR count). The number of nitrogens with zero attached hydrogens (tertiary/aromatic N) is 4. The molecule has 0 saturated carbocycles. The summed E-state index contributed by atoms with van der Waals surface area (Å²) in [5, 5.41) is 7.18. The molecular weight excluding hydrogens is 416 g/mol. The van der Waals surface area contributed by atoms with Crippen LogP contribution in [0.5, 0.6) is 0 Å². The fourth-order valence-electron chi connectivity index (χ4n) is 4.60. The van der Waals surface area contributed by atoms with E-state index in [4.69, 9.17) is 22.2 Å². The SMILES string of the molecule is CC1CCN(c2cc(N3CCC[C@@H](C)C3)nc(NC(=S)N[C@H](C)c3ccccc3)n2)CC1. The van der Waals surface area contributed by atoms with Crippen molar-refractivity contribution >= 4 is 34.9 Å². The zero-order valence-corrected chi connectivity index (χ0v) is 20.4.